The van der Waals surface area contributed by atoms with Gasteiger partial charge < -0.3 is 27.9 Å². The van der Waals surface area contributed by atoms with E-state index in [4.69, 9.17) is 18.5 Å². The number of quaternary nitrogens is 1. The van der Waals surface area contributed by atoms with Gasteiger partial charge in [-0.05, 0) is 77.0 Å². The molecule has 0 spiro atoms. The number of phosphoric acid groups is 1. The highest BCUT2D eigenvalue weighted by atomic mass is 31.2. The molecule has 0 fully saturated rings. The summed E-state index contributed by atoms with van der Waals surface area (Å²) in [6, 6.07) is 0. The molecular formula is C46H78NO8P. The van der Waals surface area contributed by atoms with Crippen molar-refractivity contribution in [1.29, 1.82) is 0 Å². The molecule has 56 heavy (non-hydrogen) atoms. The van der Waals surface area contributed by atoms with Gasteiger partial charge in [-0.2, -0.15) is 0 Å². The number of carbonyl (C=O) groups excluding carboxylic acids is 2. The third-order valence-electron chi connectivity index (χ3n) is 8.41. The van der Waals surface area contributed by atoms with Crippen molar-refractivity contribution < 1.29 is 42.1 Å². The third-order valence-corrected chi connectivity index (χ3v) is 9.38. The van der Waals surface area contributed by atoms with Crippen molar-refractivity contribution in [2.45, 2.75) is 148 Å². The normalized spacial score (nSPS) is 14.5. The number of esters is 2. The number of ether oxygens (including phenoxy) is 2. The molecule has 0 aliphatic carbocycles. The van der Waals surface area contributed by atoms with Crippen molar-refractivity contribution in [3.05, 3.63) is 85.1 Å². The molecule has 0 radical (unpaired) electrons. The molecule has 0 amide bonds. The Morgan fingerprint density at radius 3 is 1.59 bits per heavy atom. The zero-order chi connectivity index (χ0) is 41.4. The van der Waals surface area contributed by atoms with E-state index in [1.807, 2.05) is 33.3 Å². The lowest BCUT2D eigenvalue weighted by molar-refractivity contribution is -0.870. The molecule has 0 aromatic heterocycles. The van der Waals surface area contributed by atoms with Crippen LogP contribution in [0.2, 0.25) is 0 Å². The quantitative estimate of drug-likeness (QED) is 0.0201. The fourth-order valence-electron chi connectivity index (χ4n) is 5.08. The van der Waals surface area contributed by atoms with Gasteiger partial charge >= 0.3 is 11.9 Å². The third kappa shape index (κ3) is 40.8. The predicted octanol–water partition coefficient (Wildman–Crippen LogP) is 11.4. The Hall–Kier alpha value is -2.81. The highest BCUT2D eigenvalue weighted by molar-refractivity contribution is 7.45. The summed E-state index contributed by atoms with van der Waals surface area (Å²) in [7, 11) is 1.10. The Morgan fingerprint density at radius 2 is 1.05 bits per heavy atom. The number of rotatable bonds is 37. The fraction of sp³-hybridized carbons (Fsp3) is 0.652. The number of nitrogens with zero attached hydrogens (tertiary/aromatic N) is 1. The molecule has 0 rings (SSSR count). The van der Waals surface area contributed by atoms with Crippen molar-refractivity contribution in [3.63, 3.8) is 0 Å². The second-order valence-corrected chi connectivity index (χ2v) is 16.4. The lowest BCUT2D eigenvalue weighted by Crippen LogP contribution is -2.37. The molecule has 10 heteroatoms. The summed E-state index contributed by atoms with van der Waals surface area (Å²) in [5.41, 5.74) is 0. The smallest absolute Gasteiger partial charge is 0.306 e. The van der Waals surface area contributed by atoms with Gasteiger partial charge in [-0.25, -0.2) is 0 Å². The van der Waals surface area contributed by atoms with E-state index in [1.165, 1.54) is 32.1 Å². The van der Waals surface area contributed by atoms with Gasteiger partial charge in [0.25, 0.3) is 7.82 Å². The van der Waals surface area contributed by atoms with Crippen LogP contribution in [0.25, 0.3) is 0 Å². The summed E-state index contributed by atoms with van der Waals surface area (Å²) in [6.07, 6.45) is 47.7. The van der Waals surface area contributed by atoms with Crippen LogP contribution < -0.4 is 4.89 Å². The van der Waals surface area contributed by atoms with Crippen LogP contribution in [0.5, 0.6) is 0 Å². The zero-order valence-corrected chi connectivity index (χ0v) is 36.7. The molecule has 0 bridgehead atoms. The van der Waals surface area contributed by atoms with Gasteiger partial charge in [-0.15, -0.1) is 0 Å². The van der Waals surface area contributed by atoms with E-state index in [1.54, 1.807) is 0 Å². The number of hydrogen-bond donors (Lipinski definition) is 0. The topological polar surface area (TPSA) is 111 Å². The average molecular weight is 804 g/mol. The molecule has 0 aromatic carbocycles. The van der Waals surface area contributed by atoms with Crippen LogP contribution in [0.1, 0.15) is 142 Å². The summed E-state index contributed by atoms with van der Waals surface area (Å²) in [5, 5.41) is 0. The summed E-state index contributed by atoms with van der Waals surface area (Å²) in [4.78, 5) is 37.4. The second-order valence-electron chi connectivity index (χ2n) is 15.0. The van der Waals surface area contributed by atoms with Crippen LogP contribution in [0.15, 0.2) is 85.1 Å². The molecule has 1 unspecified atom stereocenters. The lowest BCUT2D eigenvalue weighted by Gasteiger charge is -2.28. The molecule has 0 saturated heterocycles. The van der Waals surface area contributed by atoms with E-state index in [0.29, 0.717) is 23.9 Å². The van der Waals surface area contributed by atoms with Gasteiger partial charge in [0.05, 0.1) is 27.7 Å². The Kier molecular flexibility index (Phi) is 35.9. The van der Waals surface area contributed by atoms with Gasteiger partial charge in [-0.1, -0.05) is 137 Å². The van der Waals surface area contributed by atoms with Crippen molar-refractivity contribution >= 4 is 19.8 Å². The number of likely N-dealkylation sites (N-methyl/N-ethyl adjacent to an activating group) is 1. The first-order chi connectivity index (χ1) is 27.0. The predicted molar refractivity (Wildman–Crippen MR) is 231 cm³/mol. The van der Waals surface area contributed by atoms with Gasteiger partial charge in [0, 0.05) is 12.8 Å². The fourth-order valence-corrected chi connectivity index (χ4v) is 5.81. The first kappa shape index (κ1) is 53.2. The van der Waals surface area contributed by atoms with Crippen molar-refractivity contribution in [2.24, 2.45) is 0 Å². The van der Waals surface area contributed by atoms with Crippen LogP contribution in [-0.4, -0.2) is 70.0 Å². The Bertz CT molecular complexity index is 1230. The van der Waals surface area contributed by atoms with Gasteiger partial charge in [0.1, 0.15) is 19.8 Å². The number of phosphoric ester groups is 1. The maximum Gasteiger partial charge on any atom is 0.306 e. The number of allylic oxidation sites excluding steroid dienone is 14. The molecule has 0 aliphatic rings. The second kappa shape index (κ2) is 37.7. The van der Waals surface area contributed by atoms with E-state index < -0.39 is 32.5 Å². The van der Waals surface area contributed by atoms with Crippen molar-refractivity contribution in [2.75, 3.05) is 47.5 Å². The summed E-state index contributed by atoms with van der Waals surface area (Å²) in [5.74, 6) is -0.952. The highest BCUT2D eigenvalue weighted by Gasteiger charge is 2.21. The van der Waals surface area contributed by atoms with Crippen molar-refractivity contribution in [1.82, 2.24) is 0 Å². The number of carbonyl (C=O) groups is 2. The largest absolute Gasteiger partial charge is 0.756 e. The minimum Gasteiger partial charge on any atom is -0.756 e. The lowest BCUT2D eigenvalue weighted by atomic mass is 10.1. The number of hydrogen-bond acceptors (Lipinski definition) is 8. The first-order valence-electron chi connectivity index (χ1n) is 21.3. The van der Waals surface area contributed by atoms with Gasteiger partial charge in [0.15, 0.2) is 6.10 Å². The Balaban J connectivity index is 4.55. The van der Waals surface area contributed by atoms with Crippen LogP contribution in [0.4, 0.5) is 0 Å². The van der Waals surface area contributed by atoms with E-state index >= 15 is 0 Å². The van der Waals surface area contributed by atoms with Crippen LogP contribution >= 0.6 is 7.82 Å². The standard InChI is InChI=1S/C46H78NO8P/c1-6-8-10-12-14-16-18-20-21-22-23-24-25-27-29-31-33-35-37-39-46(49)55-44(43-54-56(50,51)53-41-40-47(3,4)5)42-52-45(48)38-36-34-32-30-28-26-19-17-15-13-11-9-7-2/h8,10,14,16-17,19-21,23-24,27,29,33,35,44H,6-7,9,11-13,15,18,22,25-26,28,30-32,34,36-43H2,1-5H3/b10-8-,16-14-,19-17-,21-20-,24-23-,29-27-,35-33-/t44-/m1/s1. The molecule has 2 atom stereocenters. The minimum atomic E-state index is -4.65. The highest BCUT2D eigenvalue weighted by Crippen LogP contribution is 2.38. The van der Waals surface area contributed by atoms with Crippen molar-refractivity contribution in [3.8, 4) is 0 Å². The molecule has 0 saturated carbocycles. The maximum absolute atomic E-state index is 12.6. The maximum atomic E-state index is 12.6. The SMILES string of the molecule is CC/C=C\C/C=C\C/C=C\C/C=C\C/C=C\C/C=C\CCC(=O)O[C@H](COC(=O)CCCCCCC/C=C\CCCCCC)COP(=O)([O-])OCC[N+](C)(C)C. The van der Waals surface area contributed by atoms with Gasteiger partial charge in [-0.3, -0.25) is 14.2 Å². The van der Waals surface area contributed by atoms with Crippen LogP contribution in [-0.2, 0) is 32.7 Å². The van der Waals surface area contributed by atoms with Gasteiger partial charge in [0.2, 0.25) is 0 Å². The van der Waals surface area contributed by atoms with Crippen LogP contribution in [0.3, 0.4) is 0 Å². The monoisotopic (exact) mass is 804 g/mol. The molecule has 0 N–H and O–H groups in total. The number of unbranched alkanes of at least 4 members (excludes halogenated alkanes) is 9. The average Bonchev–Trinajstić information content (AvgIpc) is 3.15. The summed E-state index contributed by atoms with van der Waals surface area (Å²) < 4.78 is 33.7. The van der Waals surface area contributed by atoms with E-state index in [-0.39, 0.29) is 26.1 Å². The zero-order valence-electron chi connectivity index (χ0n) is 35.8. The molecule has 9 nitrogen and oxygen atoms in total. The van der Waals surface area contributed by atoms with E-state index in [9.17, 15) is 19.0 Å². The molecule has 0 heterocycles. The first-order valence-corrected chi connectivity index (χ1v) is 22.8. The Morgan fingerprint density at radius 1 is 0.571 bits per heavy atom. The molecule has 0 aromatic rings. The van der Waals surface area contributed by atoms with Crippen LogP contribution in [0, 0.1) is 0 Å². The minimum absolute atomic E-state index is 0.0501. The summed E-state index contributed by atoms with van der Waals surface area (Å²) in [6.45, 7) is 3.97. The van der Waals surface area contributed by atoms with E-state index in [2.05, 4.69) is 86.8 Å². The van der Waals surface area contributed by atoms with E-state index in [0.717, 1.165) is 70.6 Å². The molecule has 0 aliphatic heterocycles. The Labute approximate surface area is 341 Å². The summed E-state index contributed by atoms with van der Waals surface area (Å²) >= 11 is 0. The molecule has 320 valence electrons. The molecular weight excluding hydrogens is 725 g/mol.